The lowest BCUT2D eigenvalue weighted by atomic mass is 10.1. The van der Waals surface area contributed by atoms with Crippen LogP contribution in [0.2, 0.25) is 0 Å². The molecule has 164 valence electrons. The Kier molecular flexibility index (Phi) is 6.25. The molecule has 9 nitrogen and oxygen atoms in total. The minimum absolute atomic E-state index is 0.123. The van der Waals surface area contributed by atoms with E-state index in [9.17, 15) is 9.59 Å². The Bertz CT molecular complexity index is 1220. The molecule has 4 aromatic rings. The number of aromatic nitrogens is 4. The first-order valence-corrected chi connectivity index (χ1v) is 10.3. The quantitative estimate of drug-likeness (QED) is 0.393. The van der Waals surface area contributed by atoms with Gasteiger partial charge < -0.3 is 14.1 Å². The fourth-order valence-electron chi connectivity index (χ4n) is 3.35. The second-order valence-electron chi connectivity index (χ2n) is 7.20. The summed E-state index contributed by atoms with van der Waals surface area (Å²) in [5, 5.41) is 5.06. The largest absolute Gasteiger partial charge is 0.467 e. The average Bonchev–Trinajstić information content (AvgIpc) is 3.48. The highest BCUT2D eigenvalue weighted by Gasteiger charge is 2.21. The zero-order chi connectivity index (χ0) is 22.5. The molecule has 4 aromatic heterocycles. The third kappa shape index (κ3) is 4.51. The second kappa shape index (κ2) is 9.42. The van der Waals surface area contributed by atoms with Gasteiger partial charge in [0.25, 0.3) is 5.91 Å². The molecular weight excluding hydrogens is 410 g/mol. The van der Waals surface area contributed by atoms with E-state index >= 15 is 0 Å². The Hall–Kier alpha value is -4.01. The lowest BCUT2D eigenvalue weighted by molar-refractivity contribution is -0.143. The summed E-state index contributed by atoms with van der Waals surface area (Å²) in [6.45, 7) is 2.68. The fraction of sp³-hybridized carbons (Fsp3) is 0.261. The second-order valence-corrected chi connectivity index (χ2v) is 7.20. The Morgan fingerprint density at radius 3 is 2.81 bits per heavy atom. The van der Waals surface area contributed by atoms with Crippen molar-refractivity contribution in [1.29, 1.82) is 0 Å². The third-order valence-corrected chi connectivity index (χ3v) is 4.99. The van der Waals surface area contributed by atoms with Gasteiger partial charge in [-0.05, 0) is 37.3 Å². The monoisotopic (exact) mass is 433 g/mol. The van der Waals surface area contributed by atoms with Crippen LogP contribution in [0.15, 0.2) is 59.6 Å². The maximum Gasteiger partial charge on any atom is 0.307 e. The zero-order valence-corrected chi connectivity index (χ0v) is 17.9. The first-order valence-electron chi connectivity index (χ1n) is 10.3. The van der Waals surface area contributed by atoms with E-state index in [-0.39, 0.29) is 24.8 Å². The van der Waals surface area contributed by atoms with E-state index in [4.69, 9.17) is 14.1 Å². The molecule has 0 aliphatic carbocycles. The van der Waals surface area contributed by atoms with Crippen LogP contribution in [0.3, 0.4) is 0 Å². The highest BCUT2D eigenvalue weighted by Crippen LogP contribution is 2.26. The van der Waals surface area contributed by atoms with Crippen LogP contribution < -0.4 is 0 Å². The summed E-state index contributed by atoms with van der Waals surface area (Å²) in [6.07, 6.45) is 6.73. The highest BCUT2D eigenvalue weighted by atomic mass is 16.5. The highest BCUT2D eigenvalue weighted by molar-refractivity contribution is 6.06. The van der Waals surface area contributed by atoms with E-state index in [1.54, 1.807) is 49.6 Å². The molecule has 0 bridgehead atoms. The maximum absolute atomic E-state index is 13.3. The molecule has 0 aromatic carbocycles. The normalized spacial score (nSPS) is 10.9. The van der Waals surface area contributed by atoms with Crippen LogP contribution >= 0.6 is 0 Å². The molecule has 0 radical (unpaired) electrons. The van der Waals surface area contributed by atoms with Crippen molar-refractivity contribution in [3.63, 3.8) is 0 Å². The molecule has 0 spiro atoms. The van der Waals surface area contributed by atoms with Crippen LogP contribution in [-0.4, -0.2) is 56.7 Å². The lowest BCUT2D eigenvalue weighted by Crippen LogP contribution is -2.29. The molecule has 0 N–H and O–H groups in total. The van der Waals surface area contributed by atoms with Gasteiger partial charge in [-0.3, -0.25) is 14.6 Å². The smallest absolute Gasteiger partial charge is 0.307 e. The molecule has 1 amide bonds. The number of carbonyl (C=O) groups excluding carboxylic acids is 2. The first-order chi connectivity index (χ1) is 15.6. The van der Waals surface area contributed by atoms with Crippen molar-refractivity contribution in [1.82, 2.24) is 24.6 Å². The Morgan fingerprint density at radius 1 is 1.22 bits per heavy atom. The molecule has 0 unspecified atom stereocenters. The van der Waals surface area contributed by atoms with Gasteiger partial charge in [-0.2, -0.15) is 5.10 Å². The summed E-state index contributed by atoms with van der Waals surface area (Å²) >= 11 is 0. The van der Waals surface area contributed by atoms with E-state index in [0.29, 0.717) is 35.4 Å². The van der Waals surface area contributed by atoms with Gasteiger partial charge in [0.05, 0.1) is 42.1 Å². The summed E-state index contributed by atoms with van der Waals surface area (Å²) in [5.41, 5.74) is 2.40. The number of pyridine rings is 2. The number of fused-ring (bicyclic) bond motifs is 1. The molecule has 32 heavy (non-hydrogen) atoms. The summed E-state index contributed by atoms with van der Waals surface area (Å²) < 4.78 is 12.1. The molecule has 0 fully saturated rings. The number of amides is 1. The molecular formula is C23H23N5O4. The van der Waals surface area contributed by atoms with E-state index in [2.05, 4.69) is 10.1 Å². The van der Waals surface area contributed by atoms with Crippen molar-refractivity contribution >= 4 is 22.9 Å². The molecule has 0 aliphatic heterocycles. The number of rotatable bonds is 8. The molecule has 4 rings (SSSR count). The van der Waals surface area contributed by atoms with E-state index in [1.165, 1.54) is 4.90 Å². The number of hydrogen-bond donors (Lipinski definition) is 0. The average molecular weight is 433 g/mol. The predicted molar refractivity (Wildman–Crippen MR) is 117 cm³/mol. The summed E-state index contributed by atoms with van der Waals surface area (Å²) in [5.74, 6) is 0.154. The van der Waals surface area contributed by atoms with Gasteiger partial charge in [-0.1, -0.05) is 0 Å². The SMILES string of the molecule is CCOC(=O)CCN(C)C(=O)c1cc(-c2cccnc2)nc2c1cnn2Cc1ccco1. The van der Waals surface area contributed by atoms with E-state index < -0.39 is 0 Å². The number of esters is 1. The van der Waals surface area contributed by atoms with Crippen molar-refractivity contribution in [2.24, 2.45) is 0 Å². The minimum atomic E-state index is -0.339. The van der Waals surface area contributed by atoms with Gasteiger partial charge in [0, 0.05) is 31.5 Å². The van der Waals surface area contributed by atoms with Crippen molar-refractivity contribution in [3.05, 3.63) is 66.5 Å². The lowest BCUT2D eigenvalue weighted by Gasteiger charge is -2.18. The van der Waals surface area contributed by atoms with Crippen LogP contribution in [0.4, 0.5) is 0 Å². The molecule has 0 aliphatic rings. The van der Waals surface area contributed by atoms with Crippen molar-refractivity contribution < 1.29 is 18.7 Å². The first kappa shape index (κ1) is 21.2. The van der Waals surface area contributed by atoms with Gasteiger partial charge >= 0.3 is 5.97 Å². The van der Waals surface area contributed by atoms with Crippen molar-refractivity contribution in [2.45, 2.75) is 19.9 Å². The third-order valence-electron chi connectivity index (χ3n) is 4.99. The molecule has 0 saturated carbocycles. The summed E-state index contributed by atoms with van der Waals surface area (Å²) in [4.78, 5) is 35.5. The number of ether oxygens (including phenoxy) is 1. The van der Waals surface area contributed by atoms with Crippen LogP contribution in [-0.2, 0) is 16.1 Å². The van der Waals surface area contributed by atoms with Crippen molar-refractivity contribution in [3.8, 4) is 11.3 Å². The fourth-order valence-corrected chi connectivity index (χ4v) is 3.35. The minimum Gasteiger partial charge on any atom is -0.467 e. The molecule has 0 atom stereocenters. The van der Waals surface area contributed by atoms with Crippen LogP contribution in [0.1, 0.15) is 29.5 Å². The van der Waals surface area contributed by atoms with Gasteiger partial charge in [0.2, 0.25) is 0 Å². The van der Waals surface area contributed by atoms with Crippen molar-refractivity contribution in [2.75, 3.05) is 20.2 Å². The van der Waals surface area contributed by atoms with Gasteiger partial charge in [-0.15, -0.1) is 0 Å². The van der Waals surface area contributed by atoms with Crippen LogP contribution in [0.25, 0.3) is 22.3 Å². The number of carbonyl (C=O) groups is 2. The topological polar surface area (TPSA) is 103 Å². The number of hydrogen-bond acceptors (Lipinski definition) is 7. The summed E-state index contributed by atoms with van der Waals surface area (Å²) in [6, 6.07) is 9.10. The zero-order valence-electron chi connectivity index (χ0n) is 17.9. The standard InChI is InChI=1S/C23H23N5O4/c1-3-31-21(29)8-10-27(2)23(30)18-12-20(16-6-4-9-24-13-16)26-22-19(18)14-25-28(22)15-17-7-5-11-32-17/h4-7,9,11-14H,3,8,10,15H2,1-2H3. The molecule has 4 heterocycles. The van der Waals surface area contributed by atoms with Gasteiger partial charge in [0.15, 0.2) is 5.65 Å². The van der Waals surface area contributed by atoms with Crippen LogP contribution in [0.5, 0.6) is 0 Å². The number of furan rings is 1. The predicted octanol–water partition coefficient (Wildman–Crippen LogP) is 3.16. The maximum atomic E-state index is 13.3. The molecule has 9 heteroatoms. The molecule has 0 saturated heterocycles. The summed E-state index contributed by atoms with van der Waals surface area (Å²) in [7, 11) is 1.66. The van der Waals surface area contributed by atoms with Crippen LogP contribution in [0, 0.1) is 0 Å². The Balaban J connectivity index is 1.72. The van der Waals surface area contributed by atoms with E-state index in [0.717, 1.165) is 11.3 Å². The number of nitrogens with zero attached hydrogens (tertiary/aromatic N) is 5. The van der Waals surface area contributed by atoms with Gasteiger partial charge in [-0.25, -0.2) is 9.67 Å². The van der Waals surface area contributed by atoms with E-state index in [1.807, 2.05) is 24.3 Å². The Labute approximate surface area is 184 Å². The Morgan fingerprint density at radius 2 is 2.09 bits per heavy atom. The van der Waals surface area contributed by atoms with Gasteiger partial charge in [0.1, 0.15) is 12.3 Å².